The number of aromatic nitrogens is 9. The van der Waals surface area contributed by atoms with Gasteiger partial charge in [0.15, 0.2) is 28.4 Å². The molecule has 0 aliphatic carbocycles. The van der Waals surface area contributed by atoms with Gasteiger partial charge in [-0.25, -0.2) is 46.1 Å². The number of rotatable bonds is 13. The van der Waals surface area contributed by atoms with Crippen molar-refractivity contribution < 1.29 is 104 Å². The van der Waals surface area contributed by atoms with Gasteiger partial charge in [-0.3, -0.25) is 14.8 Å². The number of halogens is 12. The molecule has 13 aromatic rings. The molecule has 0 saturated carbocycles. The van der Waals surface area contributed by atoms with Crippen molar-refractivity contribution in [1.29, 1.82) is 0 Å². The molecule has 0 spiro atoms. The molecule has 0 atom stereocenters. The summed E-state index contributed by atoms with van der Waals surface area (Å²) in [5.41, 5.74) is 4.76. The number of hydroxylamine groups is 1. The molecule has 10 N–H and O–H groups in total. The van der Waals surface area contributed by atoms with Crippen LogP contribution in [0.25, 0.3) is 44.0 Å². The number of amides is 1. The van der Waals surface area contributed by atoms with Gasteiger partial charge in [0.1, 0.15) is 47.6 Å². The lowest BCUT2D eigenvalue weighted by molar-refractivity contribution is -0.275. The smallest absolute Gasteiger partial charge is 0.507 e. The van der Waals surface area contributed by atoms with E-state index in [9.17, 15) is 45.8 Å². The highest BCUT2D eigenvalue weighted by molar-refractivity contribution is 9.11. The van der Waals surface area contributed by atoms with E-state index in [-0.39, 0.29) is 70.9 Å². The number of hydrogen-bond acceptors (Lipinski definition) is 26. The number of aromatic amines is 1. The summed E-state index contributed by atoms with van der Waals surface area (Å²) in [6, 6.07) is 40.1. The summed E-state index contributed by atoms with van der Waals surface area (Å²) in [6.07, 6.45) is 0.437. The minimum absolute atomic E-state index is 0. The molecule has 6 heterocycles. The second-order valence-electron chi connectivity index (χ2n) is 19.5. The number of fused-ring (bicyclic) bond motifs is 3. The van der Waals surface area contributed by atoms with Crippen LogP contribution >= 0.6 is 87.7 Å². The topological polar surface area (TPSA) is 415 Å². The monoisotopic (exact) mass is 1770 g/mol. The summed E-state index contributed by atoms with van der Waals surface area (Å²) in [5.74, 6) is 4.15. The number of methoxy groups -OCH3 is 1. The summed E-state index contributed by atoms with van der Waals surface area (Å²) in [7, 11) is -0.433. The Hall–Kier alpha value is -10.3. The number of nitrogens with zero attached hydrogens (tertiary/aromatic N) is 8. The average Bonchev–Trinajstić information content (AvgIpc) is 1.75. The van der Waals surface area contributed by atoms with Gasteiger partial charge in [0.2, 0.25) is 0 Å². The van der Waals surface area contributed by atoms with E-state index in [0.717, 1.165) is 48.6 Å². The molecule has 13 rings (SSSR count). The van der Waals surface area contributed by atoms with Gasteiger partial charge in [0.05, 0.1) is 34.7 Å². The Morgan fingerprint density at radius 3 is 1.40 bits per heavy atom. The Morgan fingerprint density at radius 1 is 0.557 bits per heavy atom. The van der Waals surface area contributed by atoms with Crippen LogP contribution in [0.5, 0.6) is 34.8 Å². The number of H-pyrrole nitrogens is 1. The van der Waals surface area contributed by atoms with Gasteiger partial charge in [0, 0.05) is 55.1 Å². The van der Waals surface area contributed by atoms with Crippen LogP contribution in [0.2, 0.25) is 0 Å². The Kier molecular flexibility index (Phi) is 35.2. The lowest BCUT2D eigenvalue weighted by Crippen LogP contribution is -2.29. The van der Waals surface area contributed by atoms with Crippen molar-refractivity contribution in [2.45, 2.75) is 31.8 Å². The molecular formula is C65H52BBr4Cl2F6N11O17. The van der Waals surface area contributed by atoms with Gasteiger partial charge in [-0.2, -0.15) is 5.16 Å². The third kappa shape index (κ3) is 28.6. The fraction of sp³-hybridized carbons (Fsp3) is 0.0923. The van der Waals surface area contributed by atoms with Crippen molar-refractivity contribution >= 4 is 145 Å². The van der Waals surface area contributed by atoms with Crippen molar-refractivity contribution in [3.63, 3.8) is 0 Å². The molecule has 0 radical (unpaired) electrons. The van der Waals surface area contributed by atoms with Crippen LogP contribution < -0.4 is 41.3 Å². The number of alkyl halides is 7. The first-order valence-electron chi connectivity index (χ1n) is 28.8. The van der Waals surface area contributed by atoms with E-state index in [1.807, 2.05) is 24.3 Å². The maximum atomic E-state index is 12.3. The quantitative estimate of drug-likeness (QED) is 0.0129. The van der Waals surface area contributed by atoms with Crippen molar-refractivity contribution in [3.8, 4) is 45.9 Å². The number of esters is 1. The number of phenolic OH excluding ortho intramolecular Hbond substituents is 2. The minimum Gasteiger partial charge on any atom is -0.507 e. The van der Waals surface area contributed by atoms with E-state index < -0.39 is 37.5 Å². The Labute approximate surface area is 638 Å². The molecule has 7 aromatic carbocycles. The fourth-order valence-corrected chi connectivity index (χ4v) is 9.40. The van der Waals surface area contributed by atoms with Gasteiger partial charge in [-0.15, -0.1) is 50.4 Å². The van der Waals surface area contributed by atoms with Crippen molar-refractivity contribution in [1.82, 2.24) is 50.9 Å². The van der Waals surface area contributed by atoms with Gasteiger partial charge >= 0.3 is 25.8 Å². The highest BCUT2D eigenvalue weighted by Gasteiger charge is 2.32. The van der Waals surface area contributed by atoms with E-state index >= 15 is 0 Å². The van der Waals surface area contributed by atoms with E-state index in [1.165, 1.54) is 61.1 Å². The summed E-state index contributed by atoms with van der Waals surface area (Å²) < 4.78 is 113. The Morgan fingerprint density at radius 2 is 0.953 bits per heavy atom. The molecule has 28 nitrogen and oxygen atoms in total. The Bertz CT molecular complexity index is 4860. The van der Waals surface area contributed by atoms with Crippen LogP contribution in [0.4, 0.5) is 26.3 Å². The zero-order valence-electron chi connectivity index (χ0n) is 53.6. The number of phenols is 2. The summed E-state index contributed by atoms with van der Waals surface area (Å²) in [6.45, 7) is 0.380. The first-order valence-corrected chi connectivity index (χ1v) is 32.5. The lowest BCUT2D eigenvalue weighted by atomic mass is 9.80. The predicted molar refractivity (Wildman–Crippen MR) is 385 cm³/mol. The predicted octanol–water partition coefficient (Wildman–Crippen LogP) is 14.1. The van der Waals surface area contributed by atoms with Gasteiger partial charge in [0.25, 0.3) is 23.2 Å². The van der Waals surface area contributed by atoms with Gasteiger partial charge in [-0.05, 0) is 154 Å². The molecule has 0 aliphatic heterocycles. The molecule has 0 aliphatic rings. The number of ether oxygens (including phenoxy) is 5. The molecule has 0 fully saturated rings. The zero-order chi connectivity index (χ0) is 76.6. The van der Waals surface area contributed by atoms with E-state index in [0.29, 0.717) is 66.8 Å². The fourth-order valence-electron chi connectivity index (χ4n) is 7.81. The number of carbonyl (C=O) groups is 2. The molecule has 556 valence electrons. The van der Waals surface area contributed by atoms with Crippen molar-refractivity contribution in [2.24, 2.45) is 5.90 Å². The number of carbonyl (C=O) groups excluding carboxylic acids is 2. The highest BCUT2D eigenvalue weighted by atomic mass is 79.9. The summed E-state index contributed by atoms with van der Waals surface area (Å²) in [5, 5.41) is 62.5. The highest BCUT2D eigenvalue weighted by Crippen LogP contribution is 2.33. The molecule has 0 bridgehead atoms. The van der Waals surface area contributed by atoms with Gasteiger partial charge < -0.3 is 62.7 Å². The number of aromatic hydroxyl groups is 2. The number of hydrogen-bond donors (Lipinski definition) is 9. The third-order valence-corrected chi connectivity index (χ3v) is 14.6. The van der Waals surface area contributed by atoms with Crippen LogP contribution in [-0.4, -0.2) is 115 Å². The molecular weight excluding hydrogens is 1720 g/mol. The molecule has 41 heteroatoms. The number of benzene rings is 7. The van der Waals surface area contributed by atoms with Crippen molar-refractivity contribution in [3.05, 3.63) is 252 Å². The lowest BCUT2D eigenvalue weighted by Gasteiger charge is -2.09. The third-order valence-electron chi connectivity index (χ3n) is 12.4. The normalized spacial score (nSPS) is 10.3. The second-order valence-corrected chi connectivity index (χ2v) is 23.5. The Balaban J connectivity index is 0.000000229. The standard InChI is InChI=1S/C19H12F3N3O3.C12H8BrN3O2.C8H7BrO3.C7H6BF3O3.C7H6BrNO3.C7H4BrNO2.C5H5ClN2.ClH.H3NO/c20-19(21,22)27-14-5-2-12(3-6-14)13-4-7-16-15(10-13)18(25-28-16)26-11-17-23-8-1-9-24-17;13-8-2-3-10-9(6-8)12(16-18-10)17-7-11-14-4-1-5-15-11;1-12-8(11)6-4-5(9)2-3-7(6)10;9-7(10,11)14-6-3-1-5(2-4-6)8(12)13;8-4-1-2-6(10)5(3-4)7(11)9-12;8-4-1-2-6-5(3-4)7(10)9-11-6;6-4-5-7-2-1-3-8-5;;1-2/h1-10H,11H2;1-6H,7H2;2-4,10H,1H3;1-4,12-13H;1-3,10,12H,(H,9,11);1-3H,(H,9,10);1-3H,4H2;1H;2H,1H2. The molecule has 0 unspecified atom stereocenters. The van der Waals surface area contributed by atoms with Crippen LogP contribution in [0.15, 0.2) is 231 Å². The van der Waals surface area contributed by atoms with Crippen LogP contribution in [0.1, 0.15) is 38.2 Å². The van der Waals surface area contributed by atoms with E-state index in [2.05, 4.69) is 129 Å². The molecule has 1 amide bonds. The van der Waals surface area contributed by atoms with E-state index in [1.54, 1.807) is 97.8 Å². The first kappa shape index (κ1) is 86.3. The molecule has 106 heavy (non-hydrogen) atoms. The maximum Gasteiger partial charge on any atom is 0.573 e. The van der Waals surface area contributed by atoms with Gasteiger partial charge in [-0.1, -0.05) is 94.1 Å². The largest absolute Gasteiger partial charge is 0.573 e. The zero-order valence-corrected chi connectivity index (χ0v) is 61.5. The molecule has 0 saturated heterocycles. The summed E-state index contributed by atoms with van der Waals surface area (Å²) >= 11 is 18.4. The van der Waals surface area contributed by atoms with Crippen LogP contribution in [0.3, 0.4) is 0 Å². The van der Waals surface area contributed by atoms with Crippen LogP contribution in [0, 0.1) is 0 Å². The summed E-state index contributed by atoms with van der Waals surface area (Å²) in [4.78, 5) is 56.8. The molecule has 6 aromatic heterocycles. The van der Waals surface area contributed by atoms with E-state index in [4.69, 9.17) is 60.2 Å². The minimum atomic E-state index is -4.74. The van der Waals surface area contributed by atoms with Crippen molar-refractivity contribution in [2.75, 3.05) is 7.11 Å². The number of nitrogens with one attached hydrogen (secondary N) is 2. The van der Waals surface area contributed by atoms with Crippen LogP contribution in [-0.2, 0) is 23.8 Å². The first-order chi connectivity index (χ1) is 50.2. The SMILES string of the molecule is Brc1ccc2onc(OCc3ncccn3)c2c1.COC(=O)c1cc(Br)ccc1O.Cl.ClCc1ncccn1.FC(F)(F)Oc1ccc(-c2ccc3onc(OCc4ncccn4)c3c2)cc1.NO.O=C(NO)c1cc(Br)ccc1O.O=c1[nH]oc2ccc(Br)cc12.OB(O)c1ccc(OC(F)(F)F)cc1. The average molecular weight is 1770 g/mol. The maximum absolute atomic E-state index is 12.3. The second kappa shape index (κ2) is 43.2. The number of nitrogens with two attached hydrogens (primary N) is 1.